The molecule has 2 spiro atoms. The van der Waals surface area contributed by atoms with Crippen LogP contribution in [0.2, 0.25) is 0 Å². The molecule has 0 bridgehead atoms. The summed E-state index contributed by atoms with van der Waals surface area (Å²) in [4.78, 5) is 20.2. The molecule has 2 aliphatic heterocycles. The Hall–Kier alpha value is -2.62. The molecule has 5 rings (SSSR count). The van der Waals surface area contributed by atoms with E-state index in [4.69, 9.17) is 9.73 Å². The molecule has 4 heteroatoms. The fourth-order valence-corrected chi connectivity index (χ4v) is 4.92. The van der Waals surface area contributed by atoms with Crippen LogP contribution in [0.25, 0.3) is 0 Å². The summed E-state index contributed by atoms with van der Waals surface area (Å²) in [6.45, 7) is 1.91. The molecule has 2 aromatic rings. The Morgan fingerprint density at radius 1 is 1.00 bits per heavy atom. The van der Waals surface area contributed by atoms with E-state index in [9.17, 15) is 4.79 Å². The Kier molecular flexibility index (Phi) is 3.12. The first-order valence-electron chi connectivity index (χ1n) is 9.27. The van der Waals surface area contributed by atoms with Gasteiger partial charge in [-0.3, -0.25) is 4.79 Å². The molecule has 1 atom stereocenters. The first-order chi connectivity index (χ1) is 12.6. The lowest BCUT2D eigenvalue weighted by atomic mass is 9.72. The molecule has 3 aliphatic rings. The fourth-order valence-electron chi connectivity index (χ4n) is 4.92. The Labute approximate surface area is 153 Å². The van der Waals surface area contributed by atoms with Gasteiger partial charge in [-0.15, -0.1) is 0 Å². The molecular weight excluding hydrogens is 324 g/mol. The van der Waals surface area contributed by atoms with Gasteiger partial charge >= 0.3 is 0 Å². The summed E-state index contributed by atoms with van der Waals surface area (Å²) in [6.07, 6.45) is 3.37. The van der Waals surface area contributed by atoms with E-state index in [2.05, 4.69) is 24.3 Å². The lowest BCUT2D eigenvalue weighted by Gasteiger charge is -2.38. The zero-order valence-electron chi connectivity index (χ0n) is 15.2. The average molecular weight is 346 g/mol. The second-order valence-electron chi connectivity index (χ2n) is 7.59. The average Bonchev–Trinajstić information content (AvgIpc) is 2.96. The van der Waals surface area contributed by atoms with E-state index in [1.54, 1.807) is 4.90 Å². The normalized spacial score (nSPS) is 25.7. The Bertz CT molecular complexity index is 922. The zero-order chi connectivity index (χ0) is 17.9. The van der Waals surface area contributed by atoms with Crippen molar-refractivity contribution in [1.29, 1.82) is 0 Å². The van der Waals surface area contributed by atoms with Gasteiger partial charge in [0.25, 0.3) is 5.91 Å². The predicted molar refractivity (Wildman–Crippen MR) is 100 cm³/mol. The highest BCUT2D eigenvalue weighted by molar-refractivity contribution is 6.09. The van der Waals surface area contributed by atoms with Crippen LogP contribution >= 0.6 is 0 Å². The number of amides is 1. The van der Waals surface area contributed by atoms with Gasteiger partial charge in [0.05, 0.1) is 0 Å². The number of carbonyl (C=O) groups is 1. The largest absolute Gasteiger partial charge is 0.483 e. The number of amidine groups is 1. The number of para-hydroxylation sites is 1. The first-order valence-corrected chi connectivity index (χ1v) is 9.27. The van der Waals surface area contributed by atoms with Crippen LogP contribution in [0, 0.1) is 0 Å². The highest BCUT2D eigenvalue weighted by atomic mass is 16.5. The predicted octanol–water partition coefficient (Wildman–Crippen LogP) is 3.48. The van der Waals surface area contributed by atoms with Crippen LogP contribution in [-0.2, 0) is 23.2 Å². The highest BCUT2D eigenvalue weighted by Gasteiger charge is 2.67. The third kappa shape index (κ3) is 1.79. The Morgan fingerprint density at radius 3 is 2.23 bits per heavy atom. The van der Waals surface area contributed by atoms with E-state index < -0.39 is 11.1 Å². The number of rotatable bonds is 0. The van der Waals surface area contributed by atoms with Gasteiger partial charge in [0.2, 0.25) is 5.54 Å². The fraction of sp³-hybridized carbons (Fsp3) is 0.364. The van der Waals surface area contributed by atoms with Crippen LogP contribution in [0.1, 0.15) is 36.5 Å². The molecule has 0 fully saturated rings. The number of benzene rings is 2. The molecule has 0 saturated heterocycles. The number of hydrogen-bond acceptors (Lipinski definition) is 3. The van der Waals surface area contributed by atoms with E-state index in [0.717, 1.165) is 42.8 Å². The van der Waals surface area contributed by atoms with Crippen molar-refractivity contribution in [2.75, 3.05) is 7.05 Å². The Balaban J connectivity index is 1.69. The summed E-state index contributed by atoms with van der Waals surface area (Å²) in [5.74, 6) is 1.60. The molecule has 1 amide bonds. The van der Waals surface area contributed by atoms with E-state index >= 15 is 0 Å². The molecule has 0 saturated carbocycles. The monoisotopic (exact) mass is 346 g/mol. The van der Waals surface area contributed by atoms with Gasteiger partial charge in [-0.25, -0.2) is 4.99 Å². The second kappa shape index (κ2) is 5.19. The quantitative estimate of drug-likeness (QED) is 0.733. The molecule has 0 aromatic heterocycles. The molecule has 1 unspecified atom stereocenters. The second-order valence-corrected chi connectivity index (χ2v) is 7.59. The maximum Gasteiger partial charge on any atom is 0.264 e. The van der Waals surface area contributed by atoms with Crippen molar-refractivity contribution in [3.8, 4) is 5.75 Å². The van der Waals surface area contributed by atoms with Gasteiger partial charge < -0.3 is 9.64 Å². The Morgan fingerprint density at radius 2 is 1.62 bits per heavy atom. The van der Waals surface area contributed by atoms with Crippen LogP contribution < -0.4 is 4.74 Å². The SMILES string of the molecule is CC1=NC2(C(=O)N1C)c1ccccc1OC21CCc2ccccc2CC1. The van der Waals surface area contributed by atoms with Crippen molar-refractivity contribution >= 4 is 11.7 Å². The minimum atomic E-state index is -0.954. The van der Waals surface area contributed by atoms with E-state index in [-0.39, 0.29) is 5.91 Å². The van der Waals surface area contributed by atoms with Crippen LogP contribution in [0.5, 0.6) is 5.75 Å². The smallest absolute Gasteiger partial charge is 0.264 e. The molecule has 0 N–H and O–H groups in total. The molecule has 132 valence electrons. The van der Waals surface area contributed by atoms with Crippen molar-refractivity contribution in [3.05, 3.63) is 65.2 Å². The number of hydrogen-bond donors (Lipinski definition) is 0. The van der Waals surface area contributed by atoms with Gasteiger partial charge in [-0.2, -0.15) is 0 Å². The lowest BCUT2D eigenvalue weighted by Crippen LogP contribution is -2.56. The van der Waals surface area contributed by atoms with Crippen LogP contribution in [0.4, 0.5) is 0 Å². The first kappa shape index (κ1) is 15.6. The van der Waals surface area contributed by atoms with Gasteiger partial charge in [0.1, 0.15) is 17.2 Å². The van der Waals surface area contributed by atoms with Crippen LogP contribution in [0.15, 0.2) is 53.5 Å². The van der Waals surface area contributed by atoms with Crippen LogP contribution in [0.3, 0.4) is 0 Å². The van der Waals surface area contributed by atoms with Crippen molar-refractivity contribution < 1.29 is 9.53 Å². The number of aryl methyl sites for hydroxylation is 2. The van der Waals surface area contributed by atoms with Crippen LogP contribution in [-0.4, -0.2) is 29.3 Å². The number of carbonyl (C=O) groups excluding carboxylic acids is 1. The lowest BCUT2D eigenvalue weighted by molar-refractivity contribution is -0.138. The van der Waals surface area contributed by atoms with Crippen molar-refractivity contribution in [3.63, 3.8) is 0 Å². The summed E-state index contributed by atoms with van der Waals surface area (Å²) in [7, 11) is 1.82. The number of nitrogens with zero attached hydrogens (tertiary/aromatic N) is 2. The summed E-state index contributed by atoms with van der Waals surface area (Å²) < 4.78 is 6.60. The molecule has 1 aliphatic carbocycles. The maximum atomic E-state index is 13.5. The molecule has 2 heterocycles. The van der Waals surface area contributed by atoms with Gasteiger partial charge in [0.15, 0.2) is 0 Å². The van der Waals surface area contributed by atoms with Gasteiger partial charge in [-0.05, 0) is 49.8 Å². The maximum absolute atomic E-state index is 13.5. The molecule has 0 radical (unpaired) electrons. The summed E-state index contributed by atoms with van der Waals surface area (Å²) in [5.41, 5.74) is 2.06. The number of fused-ring (bicyclic) bond motifs is 4. The minimum Gasteiger partial charge on any atom is -0.483 e. The summed E-state index contributed by atoms with van der Waals surface area (Å²) in [6, 6.07) is 16.5. The van der Waals surface area contributed by atoms with E-state index in [0.29, 0.717) is 0 Å². The number of likely N-dealkylation sites (N-methyl/N-ethyl adjacent to an activating group) is 1. The summed E-state index contributed by atoms with van der Waals surface area (Å²) >= 11 is 0. The number of ether oxygens (including phenoxy) is 1. The highest BCUT2D eigenvalue weighted by Crippen LogP contribution is 2.57. The van der Waals surface area contributed by atoms with Gasteiger partial charge in [-0.1, -0.05) is 42.5 Å². The molecule has 26 heavy (non-hydrogen) atoms. The third-order valence-electron chi connectivity index (χ3n) is 6.39. The molecule has 4 nitrogen and oxygen atoms in total. The minimum absolute atomic E-state index is 0.0332. The molecule has 2 aromatic carbocycles. The summed E-state index contributed by atoms with van der Waals surface area (Å²) in [5, 5.41) is 0. The third-order valence-corrected chi connectivity index (χ3v) is 6.39. The van der Waals surface area contributed by atoms with Crippen molar-refractivity contribution in [2.24, 2.45) is 4.99 Å². The topological polar surface area (TPSA) is 41.9 Å². The van der Waals surface area contributed by atoms with Crippen molar-refractivity contribution in [1.82, 2.24) is 4.90 Å². The zero-order valence-corrected chi connectivity index (χ0v) is 15.2. The van der Waals surface area contributed by atoms with Gasteiger partial charge in [0, 0.05) is 12.6 Å². The van der Waals surface area contributed by atoms with Crippen molar-refractivity contribution in [2.45, 2.75) is 43.7 Å². The molecular formula is C22H22N2O2. The van der Waals surface area contributed by atoms with E-state index in [1.165, 1.54) is 11.1 Å². The standard InChI is InChI=1S/C22H22N2O2/c1-15-23-22(20(25)24(15)2)18-9-5-6-10-19(18)26-21(22)13-11-16-7-3-4-8-17(16)12-14-21/h3-10H,11-14H2,1-2H3. The van der Waals surface area contributed by atoms with E-state index in [1.807, 2.05) is 38.2 Å². The number of aliphatic imine (C=N–C) groups is 1.